The standard InChI is InChI=1S/C28H30N6O2S/c1-3-4-14-34-17-22(19-9-13-31-25(19)27(34)35)23-15-24(28(10-11-28)37(2,29)36)33-26(32-23)20-7-5-6-18-8-12-30-16-21(18)20/h3,5-7,9,13,15,17,29-31H,1,4,8,10-12,14,16H2,2H3. The van der Waals surface area contributed by atoms with Crippen LogP contribution in [0.5, 0.6) is 0 Å². The highest BCUT2D eigenvalue weighted by atomic mass is 32.2. The van der Waals surface area contributed by atoms with Gasteiger partial charge in [-0.15, -0.1) is 6.58 Å². The van der Waals surface area contributed by atoms with Gasteiger partial charge in [0.05, 0.1) is 25.9 Å². The minimum absolute atomic E-state index is 0.0929. The van der Waals surface area contributed by atoms with Crippen molar-refractivity contribution in [2.45, 2.75) is 43.5 Å². The summed E-state index contributed by atoms with van der Waals surface area (Å²) in [6.07, 6.45) is 9.84. The molecule has 0 saturated heterocycles. The van der Waals surface area contributed by atoms with E-state index in [0.29, 0.717) is 48.5 Å². The molecule has 3 aromatic heterocycles. The highest BCUT2D eigenvalue weighted by Crippen LogP contribution is 2.52. The molecule has 190 valence electrons. The van der Waals surface area contributed by atoms with Crippen molar-refractivity contribution >= 4 is 20.6 Å². The lowest BCUT2D eigenvalue weighted by Gasteiger charge is -2.22. The first-order chi connectivity index (χ1) is 17.8. The zero-order valence-corrected chi connectivity index (χ0v) is 21.7. The smallest absolute Gasteiger partial charge is 0.274 e. The fraction of sp³-hybridized carbons (Fsp3) is 0.321. The summed E-state index contributed by atoms with van der Waals surface area (Å²) in [6, 6.07) is 9.99. The molecule has 1 atom stereocenters. The number of H-pyrrole nitrogens is 1. The second kappa shape index (κ2) is 8.78. The molecule has 2 aliphatic rings. The van der Waals surface area contributed by atoms with Gasteiger partial charge in [-0.25, -0.2) is 14.2 Å². The van der Waals surface area contributed by atoms with E-state index < -0.39 is 14.5 Å². The molecule has 4 heterocycles. The molecule has 4 aromatic rings. The van der Waals surface area contributed by atoms with E-state index in [-0.39, 0.29) is 5.56 Å². The molecular weight excluding hydrogens is 484 g/mol. The van der Waals surface area contributed by atoms with Crippen molar-refractivity contribution in [1.29, 1.82) is 4.78 Å². The molecule has 1 unspecified atom stereocenters. The Bertz CT molecular complexity index is 1710. The number of nitrogens with one attached hydrogen (secondary N) is 3. The Morgan fingerprint density at radius 2 is 2.08 bits per heavy atom. The van der Waals surface area contributed by atoms with Crippen molar-refractivity contribution in [3.05, 3.63) is 82.6 Å². The van der Waals surface area contributed by atoms with Gasteiger partial charge in [0.25, 0.3) is 5.56 Å². The SMILES string of the molecule is C=CCCn1cc(-c2cc(C3(S(C)(=N)=O)CC3)nc(-c3cccc4c3CNCC4)n2)c2cc[nH]c2c1=O. The Labute approximate surface area is 215 Å². The first-order valence-electron chi connectivity index (χ1n) is 12.6. The van der Waals surface area contributed by atoms with Gasteiger partial charge < -0.3 is 14.9 Å². The van der Waals surface area contributed by atoms with Gasteiger partial charge >= 0.3 is 0 Å². The summed E-state index contributed by atoms with van der Waals surface area (Å²) in [5, 5.41) is 4.23. The van der Waals surface area contributed by atoms with E-state index in [1.165, 1.54) is 17.4 Å². The molecule has 0 bridgehead atoms. The normalized spacial score (nSPS) is 17.8. The fourth-order valence-corrected chi connectivity index (χ4v) is 6.81. The molecule has 3 N–H and O–H groups in total. The van der Waals surface area contributed by atoms with Crippen LogP contribution < -0.4 is 10.9 Å². The number of hydrogen-bond donors (Lipinski definition) is 3. The maximum atomic E-state index is 13.1. The topological polar surface area (TPSA) is 117 Å². The Morgan fingerprint density at radius 3 is 2.84 bits per heavy atom. The van der Waals surface area contributed by atoms with Crippen LogP contribution in [-0.2, 0) is 34.0 Å². The zero-order chi connectivity index (χ0) is 25.8. The van der Waals surface area contributed by atoms with E-state index >= 15 is 0 Å². The van der Waals surface area contributed by atoms with Crippen LogP contribution in [0, 0.1) is 4.78 Å². The van der Waals surface area contributed by atoms with Gasteiger partial charge in [-0.05, 0) is 55.5 Å². The van der Waals surface area contributed by atoms with Gasteiger partial charge in [-0.2, -0.15) is 0 Å². The summed E-state index contributed by atoms with van der Waals surface area (Å²) in [5.74, 6) is 0.565. The van der Waals surface area contributed by atoms with Crippen LogP contribution in [0.25, 0.3) is 33.5 Å². The molecule has 1 aliphatic heterocycles. The van der Waals surface area contributed by atoms with Gasteiger partial charge in [0.15, 0.2) is 5.82 Å². The Kier molecular flexibility index (Phi) is 5.65. The molecule has 6 rings (SSSR count). The Balaban J connectivity index is 1.63. The monoisotopic (exact) mass is 514 g/mol. The molecule has 0 spiro atoms. The number of aryl methyl sites for hydroxylation is 1. The van der Waals surface area contributed by atoms with Gasteiger partial charge in [-0.3, -0.25) is 9.57 Å². The minimum atomic E-state index is -2.89. The van der Waals surface area contributed by atoms with E-state index in [1.54, 1.807) is 16.8 Å². The number of rotatable bonds is 7. The van der Waals surface area contributed by atoms with Crippen molar-refractivity contribution in [1.82, 2.24) is 24.8 Å². The summed E-state index contributed by atoms with van der Waals surface area (Å²) < 4.78 is 22.5. The summed E-state index contributed by atoms with van der Waals surface area (Å²) >= 11 is 0. The first kappa shape index (κ1) is 23.8. The lowest BCUT2D eigenvalue weighted by molar-refractivity contribution is 0.644. The van der Waals surface area contributed by atoms with Crippen LogP contribution in [0.1, 0.15) is 36.1 Å². The number of hydrogen-bond acceptors (Lipinski definition) is 6. The largest absolute Gasteiger partial charge is 0.357 e. The number of aromatic nitrogens is 4. The molecule has 0 amide bonds. The van der Waals surface area contributed by atoms with Crippen molar-refractivity contribution in [2.75, 3.05) is 12.8 Å². The highest BCUT2D eigenvalue weighted by Gasteiger charge is 2.53. The summed E-state index contributed by atoms with van der Waals surface area (Å²) in [6.45, 7) is 5.96. The molecule has 8 nitrogen and oxygen atoms in total. The average Bonchev–Trinajstić information content (AvgIpc) is 3.59. The van der Waals surface area contributed by atoms with Gasteiger partial charge in [0.2, 0.25) is 0 Å². The number of allylic oxidation sites excluding steroid dienone is 1. The van der Waals surface area contributed by atoms with Gasteiger partial charge in [-0.1, -0.05) is 24.3 Å². The molecule has 1 fully saturated rings. The molecule has 9 heteroatoms. The van der Waals surface area contributed by atoms with Crippen molar-refractivity contribution in [2.24, 2.45) is 0 Å². The lowest BCUT2D eigenvalue weighted by atomic mass is 9.95. The Morgan fingerprint density at radius 1 is 1.24 bits per heavy atom. The quantitative estimate of drug-likeness (QED) is 0.317. The first-order valence-corrected chi connectivity index (χ1v) is 14.6. The summed E-state index contributed by atoms with van der Waals surface area (Å²) in [7, 11) is -2.89. The van der Waals surface area contributed by atoms with Crippen LogP contribution in [0.15, 0.2) is 60.2 Å². The number of fused-ring (bicyclic) bond motifs is 2. The third-order valence-corrected chi connectivity index (χ3v) is 9.79. The van der Waals surface area contributed by atoms with E-state index in [2.05, 4.69) is 22.9 Å². The summed E-state index contributed by atoms with van der Waals surface area (Å²) in [4.78, 5) is 26.2. The van der Waals surface area contributed by atoms with E-state index in [1.807, 2.05) is 30.5 Å². The third kappa shape index (κ3) is 3.93. The van der Waals surface area contributed by atoms with Crippen LogP contribution in [0.4, 0.5) is 0 Å². The van der Waals surface area contributed by atoms with Gasteiger partial charge in [0.1, 0.15) is 5.52 Å². The maximum absolute atomic E-state index is 13.1. The highest BCUT2D eigenvalue weighted by molar-refractivity contribution is 7.93. The van der Waals surface area contributed by atoms with E-state index in [0.717, 1.165) is 36.0 Å². The van der Waals surface area contributed by atoms with Gasteiger partial charge in [0, 0.05) is 48.3 Å². The zero-order valence-electron chi connectivity index (χ0n) is 20.8. The molecule has 1 aliphatic carbocycles. The van der Waals surface area contributed by atoms with Crippen LogP contribution in [0.3, 0.4) is 0 Å². The molecular formula is C28H30N6O2S. The third-order valence-electron chi connectivity index (χ3n) is 7.68. The van der Waals surface area contributed by atoms with Crippen LogP contribution in [-0.4, -0.2) is 36.5 Å². The number of nitrogens with zero attached hydrogens (tertiary/aromatic N) is 3. The van der Waals surface area contributed by atoms with E-state index in [4.69, 9.17) is 14.7 Å². The molecule has 37 heavy (non-hydrogen) atoms. The number of pyridine rings is 1. The van der Waals surface area contributed by atoms with Crippen LogP contribution in [0.2, 0.25) is 0 Å². The minimum Gasteiger partial charge on any atom is -0.357 e. The predicted molar refractivity (Wildman–Crippen MR) is 147 cm³/mol. The second-order valence-electron chi connectivity index (χ2n) is 10.1. The molecule has 0 radical (unpaired) electrons. The predicted octanol–water partition coefficient (Wildman–Crippen LogP) is 4.34. The van der Waals surface area contributed by atoms with Crippen molar-refractivity contribution in [3.8, 4) is 22.6 Å². The lowest BCUT2D eigenvalue weighted by Crippen LogP contribution is -2.24. The molecule has 1 aromatic carbocycles. The van der Waals surface area contributed by atoms with E-state index in [9.17, 15) is 9.00 Å². The van der Waals surface area contributed by atoms with Crippen molar-refractivity contribution in [3.63, 3.8) is 0 Å². The Hall–Kier alpha value is -3.56. The maximum Gasteiger partial charge on any atom is 0.274 e. The van der Waals surface area contributed by atoms with Crippen molar-refractivity contribution < 1.29 is 4.21 Å². The van der Waals surface area contributed by atoms with Crippen LogP contribution >= 0.6 is 0 Å². The summed E-state index contributed by atoms with van der Waals surface area (Å²) in [5.41, 5.74) is 5.93. The number of benzene rings is 1. The number of aromatic amines is 1. The average molecular weight is 515 g/mol. The molecule has 1 saturated carbocycles. The second-order valence-corrected chi connectivity index (χ2v) is 12.5. The fourth-order valence-electron chi connectivity index (χ4n) is 5.42.